The van der Waals surface area contributed by atoms with Gasteiger partial charge in [-0.1, -0.05) is 13.0 Å². The van der Waals surface area contributed by atoms with E-state index in [1.807, 2.05) is 32.0 Å². The van der Waals surface area contributed by atoms with Gasteiger partial charge in [0.25, 0.3) is 11.8 Å². The highest BCUT2D eigenvalue weighted by Crippen LogP contribution is 2.28. The number of aryl methyl sites for hydroxylation is 3. The van der Waals surface area contributed by atoms with Crippen LogP contribution in [0.15, 0.2) is 34.9 Å². The Hall–Kier alpha value is -3.59. The molecule has 0 bridgehead atoms. The summed E-state index contributed by atoms with van der Waals surface area (Å²) in [7, 11) is 1.57. The second-order valence-electron chi connectivity index (χ2n) is 7.92. The highest BCUT2D eigenvalue weighted by Gasteiger charge is 2.30. The van der Waals surface area contributed by atoms with Crippen LogP contribution >= 0.6 is 0 Å². The first kappa shape index (κ1) is 22.6. The van der Waals surface area contributed by atoms with Gasteiger partial charge in [-0.15, -0.1) is 0 Å². The van der Waals surface area contributed by atoms with Gasteiger partial charge < -0.3 is 19.4 Å². The largest absolute Gasteiger partial charge is 0.435 e. The van der Waals surface area contributed by atoms with Gasteiger partial charge in [0.2, 0.25) is 5.76 Å². The molecule has 1 N–H and O–H groups in total. The number of carbonyl (C=O) groups is 2. The van der Waals surface area contributed by atoms with Crippen molar-refractivity contribution in [1.29, 1.82) is 0 Å². The Morgan fingerprint density at radius 2 is 2.00 bits per heavy atom. The third-order valence-electron chi connectivity index (χ3n) is 5.55. The molecule has 3 aromatic rings. The molecule has 3 aromatic heterocycles. The molecule has 33 heavy (non-hydrogen) atoms. The number of aromatic nitrogens is 3. The van der Waals surface area contributed by atoms with Crippen molar-refractivity contribution in [2.75, 3.05) is 26.7 Å². The maximum Gasteiger partial charge on any atom is 0.291 e. The first-order chi connectivity index (χ1) is 15.9. The molecule has 0 aromatic carbocycles. The highest BCUT2D eigenvalue weighted by atomic mass is 16.5. The third kappa shape index (κ3) is 4.78. The van der Waals surface area contributed by atoms with Crippen LogP contribution in [-0.2, 0) is 11.2 Å². The van der Waals surface area contributed by atoms with E-state index in [4.69, 9.17) is 9.15 Å². The van der Waals surface area contributed by atoms with Crippen molar-refractivity contribution in [3.8, 4) is 11.1 Å². The van der Waals surface area contributed by atoms with E-state index in [1.165, 1.54) is 0 Å². The summed E-state index contributed by atoms with van der Waals surface area (Å²) in [4.78, 5) is 39.8. The molecule has 9 nitrogen and oxygen atoms in total. The van der Waals surface area contributed by atoms with E-state index in [2.05, 4.69) is 20.3 Å². The molecule has 1 aliphatic heterocycles. The van der Waals surface area contributed by atoms with Crippen molar-refractivity contribution < 1.29 is 18.7 Å². The number of morpholine rings is 1. The smallest absolute Gasteiger partial charge is 0.291 e. The molecule has 9 heteroatoms. The van der Waals surface area contributed by atoms with Crippen LogP contribution in [0.3, 0.4) is 0 Å². The highest BCUT2D eigenvalue weighted by molar-refractivity contribution is 5.93. The SMILES string of the molecule is CCc1nc(C)c(C(=O)N2CCO[C@@H](c3cc(-c4ccc(C(=O)NC)nc4)cc(C)n3)C2)o1. The second kappa shape index (κ2) is 9.50. The number of hydrogen-bond acceptors (Lipinski definition) is 7. The molecule has 0 unspecified atom stereocenters. The zero-order valence-electron chi connectivity index (χ0n) is 19.2. The minimum atomic E-state index is -0.367. The van der Waals surface area contributed by atoms with Gasteiger partial charge in [0, 0.05) is 37.5 Å². The topological polar surface area (TPSA) is 110 Å². The second-order valence-corrected chi connectivity index (χ2v) is 7.92. The number of nitrogens with zero attached hydrogens (tertiary/aromatic N) is 4. The van der Waals surface area contributed by atoms with E-state index >= 15 is 0 Å². The summed E-state index contributed by atoms with van der Waals surface area (Å²) in [5.41, 5.74) is 4.29. The zero-order valence-corrected chi connectivity index (χ0v) is 19.2. The van der Waals surface area contributed by atoms with Crippen LogP contribution in [0.25, 0.3) is 11.1 Å². The van der Waals surface area contributed by atoms with E-state index in [0.29, 0.717) is 43.4 Å². The van der Waals surface area contributed by atoms with Gasteiger partial charge in [-0.05, 0) is 37.6 Å². The summed E-state index contributed by atoms with van der Waals surface area (Å²) in [6.07, 6.45) is 1.93. The number of hydrogen-bond donors (Lipinski definition) is 1. The standard InChI is InChI=1S/C24H27N5O4/c1-5-21-28-15(3)22(33-21)24(31)29-8-9-32-20(13-29)19-11-17(10-14(2)27-19)16-6-7-18(26-12-16)23(30)25-4/h6-7,10-12,20H,5,8-9,13H2,1-4H3,(H,25,30)/t20-/m1/s1. The fraction of sp³-hybridized carbons (Fsp3) is 0.375. The van der Waals surface area contributed by atoms with Crippen molar-refractivity contribution in [1.82, 2.24) is 25.2 Å². The molecule has 0 aliphatic carbocycles. The van der Waals surface area contributed by atoms with Gasteiger partial charge in [0.15, 0.2) is 5.89 Å². The minimum absolute atomic E-state index is 0.185. The summed E-state index contributed by atoms with van der Waals surface area (Å²) >= 11 is 0. The molecule has 1 fully saturated rings. The van der Waals surface area contributed by atoms with E-state index in [-0.39, 0.29) is 23.7 Å². The molecular weight excluding hydrogens is 422 g/mol. The number of pyridine rings is 2. The van der Waals surface area contributed by atoms with Crippen molar-refractivity contribution >= 4 is 11.8 Å². The van der Waals surface area contributed by atoms with Crippen LogP contribution < -0.4 is 5.32 Å². The van der Waals surface area contributed by atoms with Gasteiger partial charge in [-0.25, -0.2) is 4.98 Å². The van der Waals surface area contributed by atoms with Crippen LogP contribution in [0, 0.1) is 13.8 Å². The normalized spacial score (nSPS) is 16.0. The van der Waals surface area contributed by atoms with Crippen molar-refractivity contribution in [3.05, 3.63) is 64.9 Å². The summed E-state index contributed by atoms with van der Waals surface area (Å²) in [5, 5.41) is 2.56. The van der Waals surface area contributed by atoms with Crippen LogP contribution in [-0.4, -0.2) is 58.4 Å². The van der Waals surface area contributed by atoms with Crippen LogP contribution in [0.1, 0.15) is 57.0 Å². The molecule has 0 saturated carbocycles. The lowest BCUT2D eigenvalue weighted by Gasteiger charge is -2.32. The summed E-state index contributed by atoms with van der Waals surface area (Å²) in [6, 6.07) is 7.43. The van der Waals surface area contributed by atoms with Gasteiger partial charge in [0.1, 0.15) is 11.8 Å². The monoisotopic (exact) mass is 449 g/mol. The van der Waals surface area contributed by atoms with Gasteiger partial charge >= 0.3 is 0 Å². The molecule has 0 spiro atoms. The molecule has 0 radical (unpaired) electrons. The van der Waals surface area contributed by atoms with E-state index < -0.39 is 0 Å². The third-order valence-corrected chi connectivity index (χ3v) is 5.55. The van der Waals surface area contributed by atoms with E-state index in [1.54, 1.807) is 31.1 Å². The average molecular weight is 450 g/mol. The molecule has 1 aliphatic rings. The Morgan fingerprint density at radius 1 is 1.18 bits per heavy atom. The predicted octanol–water partition coefficient (Wildman–Crippen LogP) is 2.88. The molecule has 4 heterocycles. The molecule has 1 saturated heterocycles. The van der Waals surface area contributed by atoms with Gasteiger partial charge in [-0.2, -0.15) is 0 Å². The lowest BCUT2D eigenvalue weighted by Crippen LogP contribution is -2.42. The number of oxazole rings is 1. The lowest BCUT2D eigenvalue weighted by molar-refractivity contribution is -0.0257. The molecule has 1 atom stereocenters. The fourth-order valence-electron chi connectivity index (χ4n) is 3.81. The number of rotatable bonds is 5. The van der Waals surface area contributed by atoms with Crippen LogP contribution in [0.5, 0.6) is 0 Å². The Kier molecular flexibility index (Phi) is 6.50. The Balaban J connectivity index is 1.56. The fourth-order valence-corrected chi connectivity index (χ4v) is 3.81. The first-order valence-corrected chi connectivity index (χ1v) is 10.9. The van der Waals surface area contributed by atoms with Crippen molar-refractivity contribution in [2.45, 2.75) is 33.3 Å². The number of nitrogens with one attached hydrogen (secondary N) is 1. The lowest BCUT2D eigenvalue weighted by atomic mass is 10.0. The van der Waals surface area contributed by atoms with Gasteiger partial charge in [0.05, 0.1) is 24.5 Å². The molecule has 2 amide bonds. The predicted molar refractivity (Wildman–Crippen MR) is 121 cm³/mol. The zero-order chi connectivity index (χ0) is 23.5. The first-order valence-electron chi connectivity index (χ1n) is 10.9. The summed E-state index contributed by atoms with van der Waals surface area (Å²) in [5.74, 6) is 0.422. The van der Waals surface area contributed by atoms with Crippen LogP contribution in [0.2, 0.25) is 0 Å². The number of amides is 2. The van der Waals surface area contributed by atoms with Crippen molar-refractivity contribution in [3.63, 3.8) is 0 Å². The average Bonchev–Trinajstić information content (AvgIpc) is 3.23. The Bertz CT molecular complexity index is 1170. The number of ether oxygens (including phenoxy) is 1. The van der Waals surface area contributed by atoms with E-state index in [0.717, 1.165) is 22.5 Å². The van der Waals surface area contributed by atoms with Gasteiger partial charge in [-0.3, -0.25) is 19.6 Å². The molecular formula is C24H27N5O4. The molecule has 172 valence electrons. The molecule has 4 rings (SSSR count). The van der Waals surface area contributed by atoms with Crippen LogP contribution in [0.4, 0.5) is 0 Å². The quantitative estimate of drug-likeness (QED) is 0.638. The van der Waals surface area contributed by atoms with Crippen molar-refractivity contribution in [2.24, 2.45) is 0 Å². The maximum atomic E-state index is 13.1. The summed E-state index contributed by atoms with van der Waals surface area (Å²) in [6.45, 7) is 6.87. The Morgan fingerprint density at radius 3 is 2.67 bits per heavy atom. The maximum absolute atomic E-state index is 13.1. The number of carbonyl (C=O) groups excluding carboxylic acids is 2. The summed E-state index contributed by atoms with van der Waals surface area (Å²) < 4.78 is 11.6. The minimum Gasteiger partial charge on any atom is -0.435 e. The van der Waals surface area contributed by atoms with E-state index in [9.17, 15) is 9.59 Å². The Labute approximate surface area is 192 Å².